The molecular formula is C13H24N2O. The fourth-order valence-electron chi connectivity index (χ4n) is 1.96. The molecule has 0 spiro atoms. The third-order valence-corrected chi connectivity index (χ3v) is 2.83. The fourth-order valence-corrected chi connectivity index (χ4v) is 1.96. The second kappa shape index (κ2) is 8.50. The predicted molar refractivity (Wildman–Crippen MR) is 68.7 cm³/mol. The molecule has 1 saturated heterocycles. The molecule has 3 nitrogen and oxygen atoms in total. The number of ether oxygens (including phenoxy) is 1. The molecule has 3 heteroatoms. The molecule has 0 unspecified atom stereocenters. The average Bonchev–Trinajstić information content (AvgIpc) is 2.31. The predicted octanol–water partition coefficient (Wildman–Crippen LogP) is 1.38. The summed E-state index contributed by atoms with van der Waals surface area (Å²) >= 11 is 0. The third-order valence-electron chi connectivity index (χ3n) is 2.83. The van der Waals surface area contributed by atoms with E-state index in [4.69, 9.17) is 4.74 Å². The van der Waals surface area contributed by atoms with Gasteiger partial charge in [0.15, 0.2) is 0 Å². The minimum absolute atomic E-state index is 0.892. The van der Waals surface area contributed by atoms with Gasteiger partial charge < -0.3 is 4.74 Å². The largest absolute Gasteiger partial charge is 0.379 e. The van der Waals surface area contributed by atoms with Gasteiger partial charge in [0.1, 0.15) is 0 Å². The lowest BCUT2D eigenvalue weighted by Crippen LogP contribution is -2.38. The molecule has 0 radical (unpaired) electrons. The molecule has 0 aromatic carbocycles. The lowest BCUT2D eigenvalue weighted by atomic mass is 10.3. The van der Waals surface area contributed by atoms with E-state index in [0.29, 0.717) is 0 Å². The molecule has 0 aromatic rings. The Morgan fingerprint density at radius 2 is 1.75 bits per heavy atom. The van der Waals surface area contributed by atoms with Crippen molar-refractivity contribution in [1.29, 1.82) is 0 Å². The zero-order valence-electron chi connectivity index (χ0n) is 10.2. The van der Waals surface area contributed by atoms with Crippen LogP contribution in [-0.2, 0) is 4.74 Å². The van der Waals surface area contributed by atoms with Crippen LogP contribution in [0.4, 0.5) is 0 Å². The summed E-state index contributed by atoms with van der Waals surface area (Å²) in [6, 6.07) is 0. The van der Waals surface area contributed by atoms with Crippen LogP contribution in [0.15, 0.2) is 25.3 Å². The highest BCUT2D eigenvalue weighted by molar-refractivity contribution is 4.79. The van der Waals surface area contributed by atoms with E-state index >= 15 is 0 Å². The first-order valence-electron chi connectivity index (χ1n) is 6.11. The maximum atomic E-state index is 5.33. The van der Waals surface area contributed by atoms with Gasteiger partial charge in [0.25, 0.3) is 0 Å². The van der Waals surface area contributed by atoms with Crippen LogP contribution in [-0.4, -0.2) is 62.3 Å². The molecule has 16 heavy (non-hydrogen) atoms. The molecule has 1 heterocycles. The van der Waals surface area contributed by atoms with Gasteiger partial charge in [0.05, 0.1) is 13.2 Å². The molecular weight excluding hydrogens is 200 g/mol. The van der Waals surface area contributed by atoms with E-state index in [1.54, 1.807) is 0 Å². The number of nitrogens with zero attached hydrogens (tertiary/aromatic N) is 2. The molecule has 1 aliphatic rings. The summed E-state index contributed by atoms with van der Waals surface area (Å²) in [6.07, 6.45) is 5.12. The standard InChI is InChI=1S/C13H24N2O/c1-3-6-14(7-4-2)8-5-9-15-10-12-16-13-11-15/h3-4H,1-2,5-13H2. The van der Waals surface area contributed by atoms with Crippen molar-refractivity contribution in [2.24, 2.45) is 0 Å². The van der Waals surface area contributed by atoms with Gasteiger partial charge in [0, 0.05) is 32.7 Å². The highest BCUT2D eigenvalue weighted by Crippen LogP contribution is 1.99. The number of rotatable bonds is 8. The molecule has 0 aromatic heterocycles. The molecule has 1 aliphatic heterocycles. The highest BCUT2D eigenvalue weighted by atomic mass is 16.5. The number of hydrogen-bond donors (Lipinski definition) is 0. The quantitative estimate of drug-likeness (QED) is 0.579. The van der Waals surface area contributed by atoms with Crippen molar-refractivity contribution in [3.63, 3.8) is 0 Å². The molecule has 92 valence electrons. The van der Waals surface area contributed by atoms with E-state index < -0.39 is 0 Å². The zero-order chi connectivity index (χ0) is 11.6. The number of hydrogen-bond acceptors (Lipinski definition) is 3. The highest BCUT2D eigenvalue weighted by Gasteiger charge is 2.09. The summed E-state index contributed by atoms with van der Waals surface area (Å²) in [5.41, 5.74) is 0. The number of morpholine rings is 1. The first-order valence-corrected chi connectivity index (χ1v) is 6.11. The Balaban J connectivity index is 2.10. The Morgan fingerprint density at radius 3 is 2.31 bits per heavy atom. The van der Waals surface area contributed by atoms with Crippen LogP contribution < -0.4 is 0 Å². The topological polar surface area (TPSA) is 15.7 Å². The van der Waals surface area contributed by atoms with Crippen molar-refractivity contribution in [2.45, 2.75) is 6.42 Å². The van der Waals surface area contributed by atoms with Gasteiger partial charge in [-0.05, 0) is 13.0 Å². The Hall–Kier alpha value is -0.640. The molecule has 1 rings (SSSR count). The summed E-state index contributed by atoms with van der Waals surface area (Å²) < 4.78 is 5.33. The van der Waals surface area contributed by atoms with Crippen molar-refractivity contribution >= 4 is 0 Å². The minimum atomic E-state index is 0.892. The summed E-state index contributed by atoms with van der Waals surface area (Å²) in [5, 5.41) is 0. The average molecular weight is 224 g/mol. The molecule has 0 N–H and O–H groups in total. The Bertz CT molecular complexity index is 190. The summed E-state index contributed by atoms with van der Waals surface area (Å²) in [4.78, 5) is 4.84. The Morgan fingerprint density at radius 1 is 1.12 bits per heavy atom. The SMILES string of the molecule is C=CCN(CC=C)CCCN1CCOCC1. The van der Waals surface area contributed by atoms with Gasteiger partial charge in [-0.25, -0.2) is 0 Å². The van der Waals surface area contributed by atoms with E-state index in [-0.39, 0.29) is 0 Å². The molecule has 0 aliphatic carbocycles. The van der Waals surface area contributed by atoms with E-state index in [1.165, 1.54) is 13.0 Å². The summed E-state index contributed by atoms with van der Waals surface area (Å²) in [5.74, 6) is 0. The third kappa shape index (κ3) is 5.45. The van der Waals surface area contributed by atoms with Gasteiger partial charge in [-0.1, -0.05) is 12.2 Å². The first kappa shape index (κ1) is 13.4. The van der Waals surface area contributed by atoms with Crippen LogP contribution in [0, 0.1) is 0 Å². The van der Waals surface area contributed by atoms with Crippen LogP contribution >= 0.6 is 0 Å². The smallest absolute Gasteiger partial charge is 0.0594 e. The molecule has 0 atom stereocenters. The van der Waals surface area contributed by atoms with E-state index in [1.807, 2.05) is 12.2 Å². The van der Waals surface area contributed by atoms with Gasteiger partial charge in [-0.3, -0.25) is 9.80 Å². The molecule has 0 saturated carbocycles. The van der Waals surface area contributed by atoms with Gasteiger partial charge in [-0.2, -0.15) is 0 Å². The van der Waals surface area contributed by atoms with Crippen molar-refractivity contribution < 1.29 is 4.74 Å². The second-order valence-electron chi connectivity index (χ2n) is 4.14. The lowest BCUT2D eigenvalue weighted by molar-refractivity contribution is 0.0364. The molecule has 1 fully saturated rings. The minimum Gasteiger partial charge on any atom is -0.379 e. The lowest BCUT2D eigenvalue weighted by Gasteiger charge is -2.27. The van der Waals surface area contributed by atoms with Crippen LogP contribution in [0.2, 0.25) is 0 Å². The van der Waals surface area contributed by atoms with Crippen molar-refractivity contribution in [2.75, 3.05) is 52.5 Å². The van der Waals surface area contributed by atoms with Crippen molar-refractivity contribution in [1.82, 2.24) is 9.80 Å². The van der Waals surface area contributed by atoms with Gasteiger partial charge in [-0.15, -0.1) is 13.2 Å². The maximum absolute atomic E-state index is 5.33. The first-order chi connectivity index (χ1) is 7.86. The van der Waals surface area contributed by atoms with Crippen LogP contribution in [0.1, 0.15) is 6.42 Å². The molecule has 0 amide bonds. The van der Waals surface area contributed by atoms with Crippen LogP contribution in [0.25, 0.3) is 0 Å². The fraction of sp³-hybridized carbons (Fsp3) is 0.692. The zero-order valence-corrected chi connectivity index (χ0v) is 10.2. The van der Waals surface area contributed by atoms with E-state index in [2.05, 4.69) is 23.0 Å². The van der Waals surface area contributed by atoms with Gasteiger partial charge in [0.2, 0.25) is 0 Å². The second-order valence-corrected chi connectivity index (χ2v) is 4.14. The normalized spacial score (nSPS) is 17.6. The Labute approximate surface area is 99.4 Å². The maximum Gasteiger partial charge on any atom is 0.0594 e. The Kier molecular flexibility index (Phi) is 7.14. The van der Waals surface area contributed by atoms with E-state index in [9.17, 15) is 0 Å². The summed E-state index contributed by atoms with van der Waals surface area (Å²) in [6.45, 7) is 15.7. The van der Waals surface area contributed by atoms with Crippen molar-refractivity contribution in [3.8, 4) is 0 Å². The van der Waals surface area contributed by atoms with E-state index in [0.717, 1.165) is 45.9 Å². The van der Waals surface area contributed by atoms with Crippen molar-refractivity contribution in [3.05, 3.63) is 25.3 Å². The monoisotopic (exact) mass is 224 g/mol. The van der Waals surface area contributed by atoms with Crippen LogP contribution in [0.3, 0.4) is 0 Å². The summed E-state index contributed by atoms with van der Waals surface area (Å²) in [7, 11) is 0. The van der Waals surface area contributed by atoms with Crippen LogP contribution in [0.5, 0.6) is 0 Å². The van der Waals surface area contributed by atoms with Gasteiger partial charge >= 0.3 is 0 Å². The molecule has 0 bridgehead atoms.